The van der Waals surface area contributed by atoms with Crippen molar-refractivity contribution in [3.8, 4) is 5.75 Å². The van der Waals surface area contributed by atoms with Crippen molar-refractivity contribution in [1.29, 1.82) is 0 Å². The van der Waals surface area contributed by atoms with E-state index in [0.29, 0.717) is 24.5 Å². The standard InChI is InChI=1S/C16H24N2O5S/c1-11-9-14(6-7-15(11)22-3)24(20,21)18-12(2)16(19)17-10-13-5-4-8-23-13/h6-7,9,12-13,18H,4-5,8,10H2,1-3H3,(H,17,19). The molecule has 0 spiro atoms. The zero-order chi connectivity index (χ0) is 17.7. The van der Waals surface area contributed by atoms with E-state index in [4.69, 9.17) is 9.47 Å². The third-order valence-corrected chi connectivity index (χ3v) is 5.47. The zero-order valence-electron chi connectivity index (χ0n) is 14.2. The molecule has 1 amide bonds. The van der Waals surface area contributed by atoms with E-state index in [0.717, 1.165) is 12.8 Å². The SMILES string of the molecule is COc1ccc(S(=O)(=O)NC(C)C(=O)NCC2CCCO2)cc1C. The summed E-state index contributed by atoms with van der Waals surface area (Å²) in [4.78, 5) is 12.2. The van der Waals surface area contributed by atoms with E-state index in [-0.39, 0.29) is 16.9 Å². The van der Waals surface area contributed by atoms with Crippen molar-refractivity contribution in [1.82, 2.24) is 10.0 Å². The minimum Gasteiger partial charge on any atom is -0.496 e. The first-order valence-corrected chi connectivity index (χ1v) is 9.38. The summed E-state index contributed by atoms with van der Waals surface area (Å²) in [5.41, 5.74) is 0.705. The molecule has 2 atom stereocenters. The van der Waals surface area contributed by atoms with Crippen LogP contribution in [0.15, 0.2) is 23.1 Å². The Morgan fingerprint density at radius 2 is 2.21 bits per heavy atom. The fourth-order valence-corrected chi connectivity index (χ4v) is 3.83. The van der Waals surface area contributed by atoms with Gasteiger partial charge in [0, 0.05) is 13.2 Å². The lowest BCUT2D eigenvalue weighted by atomic mass is 10.2. The average Bonchev–Trinajstić information content (AvgIpc) is 3.05. The Morgan fingerprint density at radius 3 is 2.79 bits per heavy atom. The maximum Gasteiger partial charge on any atom is 0.241 e. The van der Waals surface area contributed by atoms with Gasteiger partial charge < -0.3 is 14.8 Å². The number of hydrogen-bond donors (Lipinski definition) is 2. The van der Waals surface area contributed by atoms with E-state index in [2.05, 4.69) is 10.0 Å². The monoisotopic (exact) mass is 356 g/mol. The van der Waals surface area contributed by atoms with Crippen molar-refractivity contribution in [2.75, 3.05) is 20.3 Å². The number of carbonyl (C=O) groups excluding carboxylic acids is 1. The molecule has 1 aliphatic heterocycles. The molecule has 2 unspecified atom stereocenters. The molecule has 2 rings (SSSR count). The van der Waals surface area contributed by atoms with Crippen LogP contribution in [0.3, 0.4) is 0 Å². The predicted octanol–water partition coefficient (Wildman–Crippen LogP) is 0.966. The molecule has 1 heterocycles. The highest BCUT2D eigenvalue weighted by Gasteiger charge is 2.24. The highest BCUT2D eigenvalue weighted by Crippen LogP contribution is 2.21. The van der Waals surface area contributed by atoms with Gasteiger partial charge in [-0.1, -0.05) is 0 Å². The number of hydrogen-bond acceptors (Lipinski definition) is 5. The number of ether oxygens (including phenoxy) is 2. The van der Waals surface area contributed by atoms with Crippen molar-refractivity contribution in [3.63, 3.8) is 0 Å². The van der Waals surface area contributed by atoms with Gasteiger partial charge in [0.2, 0.25) is 15.9 Å². The molecule has 1 aliphatic rings. The molecule has 134 valence electrons. The molecule has 1 aromatic carbocycles. The van der Waals surface area contributed by atoms with Crippen molar-refractivity contribution >= 4 is 15.9 Å². The first kappa shape index (κ1) is 18.7. The minimum absolute atomic E-state index is 0.0157. The van der Waals surface area contributed by atoms with Gasteiger partial charge >= 0.3 is 0 Å². The normalized spacial score (nSPS) is 19.0. The molecule has 24 heavy (non-hydrogen) atoms. The van der Waals surface area contributed by atoms with Crippen LogP contribution in [0, 0.1) is 6.92 Å². The van der Waals surface area contributed by atoms with E-state index >= 15 is 0 Å². The van der Waals surface area contributed by atoms with Crippen LogP contribution in [0.2, 0.25) is 0 Å². The second kappa shape index (κ2) is 7.96. The summed E-state index contributed by atoms with van der Waals surface area (Å²) < 4.78 is 37.7. The van der Waals surface area contributed by atoms with Gasteiger partial charge in [0.05, 0.1) is 24.2 Å². The van der Waals surface area contributed by atoms with Gasteiger partial charge in [-0.05, 0) is 50.5 Å². The van der Waals surface area contributed by atoms with Crippen molar-refractivity contribution < 1.29 is 22.7 Å². The molecule has 2 N–H and O–H groups in total. The third kappa shape index (κ3) is 4.68. The predicted molar refractivity (Wildman–Crippen MR) is 89.5 cm³/mol. The Balaban J connectivity index is 1.96. The number of aryl methyl sites for hydroxylation is 1. The van der Waals surface area contributed by atoms with Crippen LogP contribution in [-0.2, 0) is 19.6 Å². The Bertz CT molecular complexity index is 684. The van der Waals surface area contributed by atoms with Gasteiger partial charge in [0.1, 0.15) is 5.75 Å². The van der Waals surface area contributed by atoms with Gasteiger partial charge in [0.15, 0.2) is 0 Å². The number of sulfonamides is 1. The number of amides is 1. The van der Waals surface area contributed by atoms with Crippen LogP contribution in [0.5, 0.6) is 5.75 Å². The number of nitrogens with one attached hydrogen (secondary N) is 2. The summed E-state index contributed by atoms with van der Waals surface area (Å²) in [6, 6.07) is 3.67. The van der Waals surface area contributed by atoms with Crippen LogP contribution >= 0.6 is 0 Å². The first-order valence-electron chi connectivity index (χ1n) is 7.90. The summed E-state index contributed by atoms with van der Waals surface area (Å²) in [5.74, 6) is 0.232. The first-order chi connectivity index (χ1) is 11.3. The third-order valence-electron chi connectivity index (χ3n) is 3.93. The molecule has 7 nitrogen and oxygen atoms in total. The highest BCUT2D eigenvalue weighted by atomic mass is 32.2. The summed E-state index contributed by atoms with van der Waals surface area (Å²) in [6.45, 7) is 4.38. The quantitative estimate of drug-likeness (QED) is 0.759. The highest BCUT2D eigenvalue weighted by molar-refractivity contribution is 7.89. The zero-order valence-corrected chi connectivity index (χ0v) is 15.0. The van der Waals surface area contributed by atoms with E-state index < -0.39 is 16.1 Å². The van der Waals surface area contributed by atoms with Crippen LogP contribution in [0.25, 0.3) is 0 Å². The molecule has 1 fully saturated rings. The topological polar surface area (TPSA) is 93.7 Å². The Labute approximate surface area is 142 Å². The van der Waals surface area contributed by atoms with Crippen LogP contribution in [-0.4, -0.2) is 46.7 Å². The molecular weight excluding hydrogens is 332 g/mol. The Morgan fingerprint density at radius 1 is 1.46 bits per heavy atom. The van der Waals surface area contributed by atoms with E-state index in [9.17, 15) is 13.2 Å². The molecule has 1 aromatic rings. The Hall–Kier alpha value is -1.64. The molecule has 0 aliphatic carbocycles. The number of benzene rings is 1. The van der Waals surface area contributed by atoms with Crippen LogP contribution in [0.4, 0.5) is 0 Å². The van der Waals surface area contributed by atoms with Crippen molar-refractivity contribution in [2.45, 2.75) is 43.7 Å². The molecule has 8 heteroatoms. The van der Waals surface area contributed by atoms with Crippen LogP contribution < -0.4 is 14.8 Å². The van der Waals surface area contributed by atoms with Gasteiger partial charge in [0.25, 0.3) is 0 Å². The maximum absolute atomic E-state index is 12.4. The maximum atomic E-state index is 12.4. The van der Waals surface area contributed by atoms with Gasteiger partial charge in [-0.2, -0.15) is 4.72 Å². The number of methoxy groups -OCH3 is 1. The molecule has 1 saturated heterocycles. The second-order valence-corrected chi connectivity index (χ2v) is 7.57. The fourth-order valence-electron chi connectivity index (χ4n) is 2.55. The lowest BCUT2D eigenvalue weighted by Gasteiger charge is -2.17. The van der Waals surface area contributed by atoms with Gasteiger partial charge in [-0.15, -0.1) is 0 Å². The van der Waals surface area contributed by atoms with E-state index in [1.165, 1.54) is 26.2 Å². The number of rotatable bonds is 7. The molecule has 0 bridgehead atoms. The Kier molecular flexibility index (Phi) is 6.20. The van der Waals surface area contributed by atoms with Crippen molar-refractivity contribution in [2.24, 2.45) is 0 Å². The molecule has 0 radical (unpaired) electrons. The number of carbonyl (C=O) groups is 1. The van der Waals surface area contributed by atoms with Crippen LogP contribution in [0.1, 0.15) is 25.3 Å². The molecule has 0 saturated carbocycles. The van der Waals surface area contributed by atoms with Gasteiger partial charge in [-0.25, -0.2) is 8.42 Å². The van der Waals surface area contributed by atoms with Crippen molar-refractivity contribution in [3.05, 3.63) is 23.8 Å². The smallest absolute Gasteiger partial charge is 0.241 e. The molecular formula is C16H24N2O5S. The lowest BCUT2D eigenvalue weighted by Crippen LogP contribution is -2.46. The fraction of sp³-hybridized carbons (Fsp3) is 0.562. The van der Waals surface area contributed by atoms with E-state index in [1.54, 1.807) is 13.0 Å². The van der Waals surface area contributed by atoms with Gasteiger partial charge in [-0.3, -0.25) is 4.79 Å². The molecule has 0 aromatic heterocycles. The summed E-state index contributed by atoms with van der Waals surface area (Å²) >= 11 is 0. The second-order valence-electron chi connectivity index (χ2n) is 5.85. The largest absolute Gasteiger partial charge is 0.496 e. The van der Waals surface area contributed by atoms with E-state index in [1.807, 2.05) is 0 Å². The minimum atomic E-state index is -3.79. The summed E-state index contributed by atoms with van der Waals surface area (Å²) in [7, 11) is -2.26. The average molecular weight is 356 g/mol. The summed E-state index contributed by atoms with van der Waals surface area (Å²) in [6.07, 6.45) is 1.91. The lowest BCUT2D eigenvalue weighted by molar-refractivity contribution is -0.122. The summed E-state index contributed by atoms with van der Waals surface area (Å²) in [5, 5.41) is 2.72.